The molecule has 2 rings (SSSR count). The lowest BCUT2D eigenvalue weighted by Gasteiger charge is -2.23. The highest BCUT2D eigenvalue weighted by atomic mass is 16.6. The molecule has 0 fully saturated rings. The van der Waals surface area contributed by atoms with Gasteiger partial charge in [0.2, 0.25) is 5.91 Å². The quantitative estimate of drug-likeness (QED) is 0.616. The Morgan fingerprint density at radius 3 is 2.11 bits per heavy atom. The number of ether oxygens (including phenoxy) is 4. The van der Waals surface area contributed by atoms with Crippen LogP contribution in [0.25, 0.3) is 11.1 Å². The molecule has 0 bridgehead atoms. The molecule has 0 saturated heterocycles. The van der Waals surface area contributed by atoms with Crippen LogP contribution in [0.2, 0.25) is 0 Å². The van der Waals surface area contributed by atoms with Crippen molar-refractivity contribution < 1.29 is 28.5 Å². The molecule has 0 atom stereocenters. The molecule has 0 spiro atoms. The molecule has 2 aromatic carbocycles. The predicted octanol–water partition coefficient (Wildman–Crippen LogP) is 3.57. The first kappa shape index (κ1) is 20.1. The van der Waals surface area contributed by atoms with Crippen LogP contribution >= 0.6 is 0 Å². The van der Waals surface area contributed by atoms with E-state index in [1.54, 1.807) is 32.2 Å². The molecule has 0 aliphatic rings. The normalized spacial score (nSPS) is 10.1. The maximum atomic E-state index is 11.9. The molecule has 0 unspecified atom stereocenters. The Bertz CT molecular complexity index is 830. The SMILES string of the molecule is COc1cccc(-c2c(NC(C)=O)c(OC)c(C)c(OC)c2OC(C)=O)c1. The fraction of sp³-hybridized carbons (Fsp3) is 0.300. The van der Waals surface area contributed by atoms with Gasteiger partial charge < -0.3 is 24.3 Å². The van der Waals surface area contributed by atoms with Gasteiger partial charge in [0.25, 0.3) is 0 Å². The van der Waals surface area contributed by atoms with Gasteiger partial charge in [-0.05, 0) is 24.6 Å². The van der Waals surface area contributed by atoms with Crippen molar-refractivity contribution in [1.82, 2.24) is 0 Å². The molecule has 7 nitrogen and oxygen atoms in total. The summed E-state index contributed by atoms with van der Waals surface area (Å²) in [6.45, 7) is 4.44. The Labute approximate surface area is 158 Å². The zero-order valence-electron chi connectivity index (χ0n) is 16.3. The molecule has 7 heteroatoms. The summed E-state index contributed by atoms with van der Waals surface area (Å²) in [7, 11) is 4.52. The van der Waals surface area contributed by atoms with Gasteiger partial charge in [-0.2, -0.15) is 0 Å². The van der Waals surface area contributed by atoms with Gasteiger partial charge in [0.15, 0.2) is 11.5 Å². The van der Waals surface area contributed by atoms with Gasteiger partial charge in [-0.25, -0.2) is 0 Å². The highest BCUT2D eigenvalue weighted by Gasteiger charge is 2.27. The van der Waals surface area contributed by atoms with Crippen molar-refractivity contribution in [3.8, 4) is 34.1 Å². The number of benzene rings is 2. The van der Waals surface area contributed by atoms with E-state index >= 15 is 0 Å². The molecule has 1 amide bonds. The second-order valence-corrected chi connectivity index (χ2v) is 5.78. The lowest BCUT2D eigenvalue weighted by Crippen LogP contribution is -2.13. The standard InChI is InChI=1S/C20H23NO6/c1-11-18(25-5)17(21-12(2)22)16(14-8-7-9-15(10-14)24-4)20(19(11)26-6)27-13(3)23/h7-10H,1-6H3,(H,21,22). The van der Waals surface area contributed by atoms with E-state index in [9.17, 15) is 9.59 Å². The summed E-state index contributed by atoms with van der Waals surface area (Å²) in [6.07, 6.45) is 0. The minimum absolute atomic E-state index is 0.195. The number of esters is 1. The molecule has 1 N–H and O–H groups in total. The lowest BCUT2D eigenvalue weighted by atomic mass is 9.97. The Hall–Kier alpha value is -3.22. The average molecular weight is 373 g/mol. The predicted molar refractivity (Wildman–Crippen MR) is 102 cm³/mol. The van der Waals surface area contributed by atoms with E-state index in [-0.39, 0.29) is 11.7 Å². The molecule has 144 valence electrons. The molecule has 2 aromatic rings. The van der Waals surface area contributed by atoms with E-state index < -0.39 is 5.97 Å². The molecule has 0 aliphatic heterocycles. The first-order valence-electron chi connectivity index (χ1n) is 8.22. The van der Waals surface area contributed by atoms with Crippen LogP contribution in [0.4, 0.5) is 5.69 Å². The van der Waals surface area contributed by atoms with Crippen LogP contribution in [0, 0.1) is 6.92 Å². The number of carbonyl (C=O) groups excluding carboxylic acids is 2. The Morgan fingerprint density at radius 1 is 0.926 bits per heavy atom. The molecule has 0 saturated carbocycles. The van der Waals surface area contributed by atoms with E-state index in [1.165, 1.54) is 28.1 Å². The van der Waals surface area contributed by atoms with Crippen molar-refractivity contribution in [2.75, 3.05) is 26.6 Å². The molecule has 0 aromatic heterocycles. The minimum atomic E-state index is -0.518. The minimum Gasteiger partial charge on any atom is -0.497 e. The lowest BCUT2D eigenvalue weighted by molar-refractivity contribution is -0.132. The number of hydrogen-bond acceptors (Lipinski definition) is 6. The number of nitrogens with one attached hydrogen (secondary N) is 1. The largest absolute Gasteiger partial charge is 0.497 e. The van der Waals surface area contributed by atoms with Crippen LogP contribution in [-0.4, -0.2) is 33.2 Å². The highest BCUT2D eigenvalue weighted by molar-refractivity contribution is 6.01. The van der Waals surface area contributed by atoms with E-state index in [2.05, 4.69) is 5.32 Å². The maximum absolute atomic E-state index is 11.9. The van der Waals surface area contributed by atoms with E-state index in [4.69, 9.17) is 18.9 Å². The maximum Gasteiger partial charge on any atom is 0.308 e. The summed E-state index contributed by atoms with van der Waals surface area (Å²) in [5.41, 5.74) is 2.09. The van der Waals surface area contributed by atoms with E-state index in [0.29, 0.717) is 39.6 Å². The van der Waals surface area contributed by atoms with Gasteiger partial charge in [0, 0.05) is 19.4 Å². The topological polar surface area (TPSA) is 83.1 Å². The molecule has 0 radical (unpaired) electrons. The fourth-order valence-electron chi connectivity index (χ4n) is 2.89. The average Bonchev–Trinajstić information content (AvgIpc) is 2.61. The first-order chi connectivity index (χ1) is 12.8. The molecular formula is C20H23NO6. The Balaban J connectivity index is 2.97. The smallest absolute Gasteiger partial charge is 0.308 e. The zero-order valence-corrected chi connectivity index (χ0v) is 16.3. The van der Waals surface area contributed by atoms with Gasteiger partial charge in [-0.15, -0.1) is 0 Å². The van der Waals surface area contributed by atoms with E-state index in [0.717, 1.165) is 0 Å². The molecule has 27 heavy (non-hydrogen) atoms. The summed E-state index contributed by atoms with van der Waals surface area (Å²) < 4.78 is 21.8. The Morgan fingerprint density at radius 2 is 1.59 bits per heavy atom. The van der Waals surface area contributed by atoms with Gasteiger partial charge in [0.05, 0.1) is 32.6 Å². The monoisotopic (exact) mass is 373 g/mol. The third kappa shape index (κ3) is 4.13. The molecule has 0 aliphatic carbocycles. The number of anilines is 1. The summed E-state index contributed by atoms with van der Waals surface area (Å²) in [5.74, 6) is 0.741. The second kappa shape index (κ2) is 8.44. The van der Waals surface area contributed by atoms with Gasteiger partial charge in [0.1, 0.15) is 11.5 Å². The number of methoxy groups -OCH3 is 3. The van der Waals surface area contributed by atoms with Crippen LogP contribution in [0.15, 0.2) is 24.3 Å². The van der Waals surface area contributed by atoms with Gasteiger partial charge in [-0.3, -0.25) is 9.59 Å². The van der Waals surface area contributed by atoms with Crippen LogP contribution in [-0.2, 0) is 9.59 Å². The number of carbonyl (C=O) groups is 2. The highest BCUT2D eigenvalue weighted by Crippen LogP contribution is 2.52. The van der Waals surface area contributed by atoms with Crippen molar-refractivity contribution in [1.29, 1.82) is 0 Å². The van der Waals surface area contributed by atoms with Crippen LogP contribution in [0.5, 0.6) is 23.0 Å². The van der Waals surface area contributed by atoms with Crippen LogP contribution in [0.3, 0.4) is 0 Å². The van der Waals surface area contributed by atoms with Gasteiger partial charge >= 0.3 is 5.97 Å². The summed E-state index contributed by atoms with van der Waals surface area (Å²) in [6, 6.07) is 7.16. The van der Waals surface area contributed by atoms with Crippen molar-refractivity contribution in [2.24, 2.45) is 0 Å². The van der Waals surface area contributed by atoms with Crippen molar-refractivity contribution in [3.63, 3.8) is 0 Å². The van der Waals surface area contributed by atoms with E-state index in [1.807, 2.05) is 6.07 Å². The van der Waals surface area contributed by atoms with Crippen LogP contribution < -0.4 is 24.3 Å². The second-order valence-electron chi connectivity index (χ2n) is 5.78. The third-order valence-corrected chi connectivity index (χ3v) is 3.91. The third-order valence-electron chi connectivity index (χ3n) is 3.91. The number of hydrogen-bond donors (Lipinski definition) is 1. The summed E-state index contributed by atoms with van der Waals surface area (Å²) in [4.78, 5) is 23.6. The zero-order chi connectivity index (χ0) is 20.1. The Kier molecular flexibility index (Phi) is 6.28. The fourth-order valence-corrected chi connectivity index (χ4v) is 2.89. The molecule has 0 heterocycles. The van der Waals surface area contributed by atoms with Crippen molar-refractivity contribution in [3.05, 3.63) is 29.8 Å². The van der Waals surface area contributed by atoms with Crippen LogP contribution in [0.1, 0.15) is 19.4 Å². The number of amides is 1. The van der Waals surface area contributed by atoms with Crippen molar-refractivity contribution >= 4 is 17.6 Å². The van der Waals surface area contributed by atoms with Crippen molar-refractivity contribution in [2.45, 2.75) is 20.8 Å². The van der Waals surface area contributed by atoms with Gasteiger partial charge in [-0.1, -0.05) is 12.1 Å². The number of rotatable bonds is 6. The summed E-state index contributed by atoms with van der Waals surface area (Å²) in [5, 5.41) is 2.78. The summed E-state index contributed by atoms with van der Waals surface area (Å²) >= 11 is 0. The first-order valence-corrected chi connectivity index (χ1v) is 8.22. The molecular weight excluding hydrogens is 350 g/mol.